The van der Waals surface area contributed by atoms with Crippen molar-refractivity contribution in [2.75, 3.05) is 4.90 Å². The number of ketones is 1. The zero-order valence-corrected chi connectivity index (χ0v) is 18.5. The van der Waals surface area contributed by atoms with Gasteiger partial charge in [-0.15, -0.1) is 0 Å². The lowest BCUT2D eigenvalue weighted by Gasteiger charge is -2.41. The third-order valence-corrected chi connectivity index (χ3v) is 6.33. The second kappa shape index (κ2) is 8.51. The van der Waals surface area contributed by atoms with E-state index in [2.05, 4.69) is 4.98 Å². The number of hydrogen-bond donors (Lipinski definition) is 2. The fraction of sp³-hybridized carbons (Fsp3) is 0.179. The summed E-state index contributed by atoms with van der Waals surface area (Å²) in [6.07, 6.45) is 5.33. The molecule has 0 spiro atoms. The van der Waals surface area contributed by atoms with E-state index >= 15 is 0 Å². The van der Waals surface area contributed by atoms with Crippen LogP contribution in [0.4, 0.5) is 5.69 Å². The second-order valence-electron chi connectivity index (χ2n) is 8.51. The minimum absolute atomic E-state index is 0.0111. The number of anilines is 1. The SMILES string of the molecule is Cc1cccc(N2C(=N)/C(=C(/O)c3ccccc3)[C@H](c3cccnc3)C3=C2CCCC3=O)c1. The van der Waals surface area contributed by atoms with Gasteiger partial charge in [-0.05, 0) is 49.1 Å². The average molecular weight is 436 g/mol. The van der Waals surface area contributed by atoms with Gasteiger partial charge in [0.2, 0.25) is 0 Å². The number of nitrogens with zero attached hydrogens (tertiary/aromatic N) is 2. The Morgan fingerprint density at radius 2 is 1.88 bits per heavy atom. The van der Waals surface area contributed by atoms with Crippen molar-refractivity contribution in [1.82, 2.24) is 4.98 Å². The highest BCUT2D eigenvalue weighted by molar-refractivity contribution is 6.19. The van der Waals surface area contributed by atoms with Crippen molar-refractivity contribution in [3.05, 3.63) is 113 Å². The number of aryl methyl sites for hydroxylation is 1. The summed E-state index contributed by atoms with van der Waals surface area (Å²) in [5.41, 5.74) is 5.23. The number of carbonyl (C=O) groups excluding carboxylic acids is 1. The van der Waals surface area contributed by atoms with Crippen LogP contribution in [0.15, 0.2) is 96.0 Å². The first-order chi connectivity index (χ1) is 16.1. The normalized spacial score (nSPS) is 20.0. The predicted octanol–water partition coefficient (Wildman–Crippen LogP) is 5.95. The molecule has 164 valence electrons. The molecule has 2 N–H and O–H groups in total. The topological polar surface area (TPSA) is 77.3 Å². The highest BCUT2D eigenvalue weighted by atomic mass is 16.3. The quantitative estimate of drug-likeness (QED) is 0.499. The number of carbonyl (C=O) groups is 1. The van der Waals surface area contributed by atoms with E-state index in [1.807, 2.05) is 78.6 Å². The van der Waals surface area contributed by atoms with Crippen LogP contribution in [-0.4, -0.2) is 21.7 Å². The molecule has 0 amide bonds. The van der Waals surface area contributed by atoms with E-state index in [0.717, 1.165) is 28.9 Å². The van der Waals surface area contributed by atoms with Gasteiger partial charge in [-0.2, -0.15) is 0 Å². The van der Waals surface area contributed by atoms with Crippen LogP contribution < -0.4 is 4.90 Å². The summed E-state index contributed by atoms with van der Waals surface area (Å²) in [6, 6.07) is 20.9. The molecule has 0 radical (unpaired) electrons. The first kappa shape index (κ1) is 20.9. The maximum atomic E-state index is 13.4. The zero-order chi connectivity index (χ0) is 22.9. The summed E-state index contributed by atoms with van der Waals surface area (Å²) in [7, 11) is 0. The number of benzene rings is 2. The summed E-state index contributed by atoms with van der Waals surface area (Å²) >= 11 is 0. The minimum atomic E-state index is -0.546. The molecular weight excluding hydrogens is 410 g/mol. The van der Waals surface area contributed by atoms with Gasteiger partial charge in [0, 0.05) is 52.8 Å². The summed E-state index contributed by atoms with van der Waals surface area (Å²) in [5, 5.41) is 20.8. The average Bonchev–Trinajstić information content (AvgIpc) is 2.84. The lowest BCUT2D eigenvalue weighted by molar-refractivity contribution is -0.116. The van der Waals surface area contributed by atoms with Crippen molar-refractivity contribution < 1.29 is 9.90 Å². The van der Waals surface area contributed by atoms with Crippen LogP contribution in [0.25, 0.3) is 5.76 Å². The van der Waals surface area contributed by atoms with Gasteiger partial charge >= 0.3 is 0 Å². The molecule has 2 aromatic carbocycles. The molecule has 0 unspecified atom stereocenters. The van der Waals surface area contributed by atoms with Crippen molar-refractivity contribution >= 4 is 23.1 Å². The lowest BCUT2D eigenvalue weighted by Crippen LogP contribution is -2.42. The van der Waals surface area contributed by atoms with Gasteiger partial charge in [0.1, 0.15) is 11.6 Å². The van der Waals surface area contributed by atoms with E-state index in [9.17, 15) is 15.3 Å². The van der Waals surface area contributed by atoms with Gasteiger partial charge in [-0.3, -0.25) is 20.1 Å². The molecule has 2 aliphatic rings. The summed E-state index contributed by atoms with van der Waals surface area (Å²) in [6.45, 7) is 2.01. The van der Waals surface area contributed by atoms with Crippen LogP contribution in [0.2, 0.25) is 0 Å². The van der Waals surface area contributed by atoms with Crippen LogP contribution in [0, 0.1) is 12.3 Å². The van der Waals surface area contributed by atoms with Crippen molar-refractivity contribution in [2.24, 2.45) is 0 Å². The Kier molecular flexibility index (Phi) is 5.38. The van der Waals surface area contributed by atoms with E-state index in [0.29, 0.717) is 29.6 Å². The van der Waals surface area contributed by atoms with E-state index in [1.54, 1.807) is 12.4 Å². The summed E-state index contributed by atoms with van der Waals surface area (Å²) in [5.74, 6) is -0.287. The van der Waals surface area contributed by atoms with Gasteiger partial charge < -0.3 is 5.11 Å². The summed E-state index contributed by atoms with van der Waals surface area (Å²) < 4.78 is 0. The number of rotatable bonds is 3. The van der Waals surface area contributed by atoms with Crippen molar-refractivity contribution in [1.29, 1.82) is 5.41 Å². The van der Waals surface area contributed by atoms with E-state index in [-0.39, 0.29) is 17.4 Å². The Morgan fingerprint density at radius 3 is 2.61 bits per heavy atom. The van der Waals surface area contributed by atoms with Gasteiger partial charge in [0.25, 0.3) is 0 Å². The van der Waals surface area contributed by atoms with Crippen LogP contribution in [0.1, 0.15) is 41.9 Å². The fourth-order valence-corrected chi connectivity index (χ4v) is 4.88. The van der Waals surface area contributed by atoms with Crippen molar-refractivity contribution in [2.45, 2.75) is 32.1 Å². The molecule has 1 aliphatic heterocycles. The number of nitrogens with one attached hydrogen (secondary N) is 1. The molecule has 0 saturated carbocycles. The molecule has 5 nitrogen and oxygen atoms in total. The molecule has 33 heavy (non-hydrogen) atoms. The fourth-order valence-electron chi connectivity index (χ4n) is 4.88. The lowest BCUT2D eigenvalue weighted by atomic mass is 9.73. The van der Waals surface area contributed by atoms with E-state index < -0.39 is 5.92 Å². The molecule has 1 atom stereocenters. The van der Waals surface area contributed by atoms with Gasteiger partial charge in [0.15, 0.2) is 5.78 Å². The number of aliphatic hydroxyl groups is 1. The van der Waals surface area contributed by atoms with Gasteiger partial charge in [-0.1, -0.05) is 48.5 Å². The first-order valence-electron chi connectivity index (χ1n) is 11.2. The highest BCUT2D eigenvalue weighted by Gasteiger charge is 2.43. The van der Waals surface area contributed by atoms with Gasteiger partial charge in [0.05, 0.1) is 0 Å². The van der Waals surface area contributed by atoms with E-state index in [4.69, 9.17) is 0 Å². The van der Waals surface area contributed by atoms with Crippen LogP contribution in [-0.2, 0) is 4.79 Å². The largest absolute Gasteiger partial charge is 0.507 e. The summed E-state index contributed by atoms with van der Waals surface area (Å²) in [4.78, 5) is 19.5. The Balaban J connectivity index is 1.83. The van der Waals surface area contributed by atoms with Crippen LogP contribution >= 0.6 is 0 Å². The molecule has 2 heterocycles. The zero-order valence-electron chi connectivity index (χ0n) is 18.5. The van der Waals surface area contributed by atoms with E-state index in [1.165, 1.54) is 0 Å². The Labute approximate surface area is 193 Å². The number of pyridine rings is 1. The van der Waals surface area contributed by atoms with Crippen LogP contribution in [0.3, 0.4) is 0 Å². The smallest absolute Gasteiger partial charge is 0.161 e. The monoisotopic (exact) mass is 435 g/mol. The number of hydrogen-bond acceptors (Lipinski definition) is 4. The predicted molar refractivity (Wildman–Crippen MR) is 130 cm³/mol. The molecule has 0 saturated heterocycles. The maximum absolute atomic E-state index is 13.4. The molecule has 1 aliphatic carbocycles. The standard InChI is InChI=1S/C28H25N3O2/c1-18-8-5-12-21(16-18)31-22-13-6-14-23(32)25(22)24(20-11-7-15-30-17-20)26(28(31)29)27(33)19-9-3-2-4-10-19/h2-5,7-12,15-17,24,29,33H,6,13-14H2,1H3/b27-26+,29-28?/t24-/m1/s1. The Hall–Kier alpha value is -3.99. The molecule has 3 aromatic rings. The third kappa shape index (κ3) is 3.65. The molecule has 0 bridgehead atoms. The molecule has 1 aromatic heterocycles. The number of aromatic nitrogens is 1. The third-order valence-electron chi connectivity index (χ3n) is 6.33. The highest BCUT2D eigenvalue weighted by Crippen LogP contribution is 2.47. The number of Topliss-reactive ketones (excluding diaryl/α,β-unsaturated/α-hetero) is 1. The number of aliphatic hydroxyl groups excluding tert-OH is 1. The van der Waals surface area contributed by atoms with Crippen LogP contribution in [0.5, 0.6) is 0 Å². The first-order valence-corrected chi connectivity index (χ1v) is 11.2. The number of amidine groups is 1. The number of allylic oxidation sites excluding steroid dienone is 2. The molecular formula is C28H25N3O2. The molecule has 5 rings (SSSR count). The second-order valence-corrected chi connectivity index (χ2v) is 8.51. The molecule has 0 fully saturated rings. The minimum Gasteiger partial charge on any atom is -0.507 e. The maximum Gasteiger partial charge on any atom is 0.161 e. The van der Waals surface area contributed by atoms with Gasteiger partial charge in [-0.25, -0.2) is 0 Å². The Morgan fingerprint density at radius 1 is 1.06 bits per heavy atom. The van der Waals surface area contributed by atoms with Crippen molar-refractivity contribution in [3.8, 4) is 0 Å². The van der Waals surface area contributed by atoms with Crippen molar-refractivity contribution in [3.63, 3.8) is 0 Å². The molecule has 5 heteroatoms. The Bertz CT molecular complexity index is 1290.